The Kier molecular flexibility index (Phi) is 3.06. The molecule has 0 spiro atoms. The summed E-state index contributed by atoms with van der Waals surface area (Å²) in [6, 6.07) is 0. The van der Waals surface area contributed by atoms with Crippen LogP contribution in [0.25, 0.3) is 0 Å². The second-order valence-corrected chi connectivity index (χ2v) is 5.38. The molecule has 1 fully saturated rings. The van der Waals surface area contributed by atoms with Gasteiger partial charge in [0.05, 0.1) is 12.1 Å². The van der Waals surface area contributed by atoms with Crippen molar-refractivity contribution in [2.24, 2.45) is 0 Å². The molecule has 1 amide bonds. The van der Waals surface area contributed by atoms with Crippen molar-refractivity contribution in [3.8, 4) is 0 Å². The fraction of sp³-hybridized carbons (Fsp3) is 0.692. The first kappa shape index (κ1) is 12.6. The van der Waals surface area contributed by atoms with E-state index in [-0.39, 0.29) is 11.4 Å². The summed E-state index contributed by atoms with van der Waals surface area (Å²) in [6.07, 6.45) is 2.77. The highest BCUT2D eigenvalue weighted by Gasteiger charge is 2.49. The summed E-state index contributed by atoms with van der Waals surface area (Å²) >= 11 is 0. The number of carbonyl (C=O) groups excluding carboxylic acids is 1. The number of fused-ring (bicyclic) bond motifs is 1. The van der Waals surface area contributed by atoms with Gasteiger partial charge in [0.25, 0.3) is 5.91 Å². The van der Waals surface area contributed by atoms with Crippen molar-refractivity contribution in [3.63, 3.8) is 0 Å². The molecule has 1 aromatic heterocycles. The van der Waals surface area contributed by atoms with Crippen molar-refractivity contribution in [1.82, 2.24) is 15.4 Å². The van der Waals surface area contributed by atoms with Crippen LogP contribution in [0.15, 0.2) is 4.52 Å². The first-order valence-electron chi connectivity index (χ1n) is 6.63. The Bertz CT molecular complexity index is 493. The summed E-state index contributed by atoms with van der Waals surface area (Å²) in [5.41, 5.74) is 1.23. The number of aromatic nitrogens is 1. The third-order valence-corrected chi connectivity index (χ3v) is 4.16. The fourth-order valence-electron chi connectivity index (χ4n) is 2.67. The van der Waals surface area contributed by atoms with Gasteiger partial charge in [-0.2, -0.15) is 0 Å². The molecule has 2 aliphatic rings. The van der Waals surface area contributed by atoms with Crippen LogP contribution in [0.2, 0.25) is 0 Å². The van der Waals surface area contributed by atoms with Crippen molar-refractivity contribution in [3.05, 3.63) is 17.0 Å². The molecular weight excluding hydrogens is 246 g/mol. The molecule has 0 unspecified atom stereocenters. The first-order valence-corrected chi connectivity index (χ1v) is 6.63. The van der Waals surface area contributed by atoms with Gasteiger partial charge in [-0.05, 0) is 12.8 Å². The normalized spacial score (nSPS) is 19.9. The molecule has 0 aromatic carbocycles. The van der Waals surface area contributed by atoms with Gasteiger partial charge >= 0.3 is 0 Å². The summed E-state index contributed by atoms with van der Waals surface area (Å²) in [5, 5.41) is 7.22. The fourth-order valence-corrected chi connectivity index (χ4v) is 2.67. The molecule has 0 atom stereocenters. The molecule has 1 aliphatic carbocycles. The molecule has 1 saturated carbocycles. The number of hydrogen-bond donors (Lipinski definition) is 1. The topological polar surface area (TPSA) is 67.6 Å². The highest BCUT2D eigenvalue weighted by Crippen LogP contribution is 2.41. The molecule has 0 radical (unpaired) electrons. The van der Waals surface area contributed by atoms with Crippen LogP contribution in [0.3, 0.4) is 0 Å². The van der Waals surface area contributed by atoms with Crippen molar-refractivity contribution in [2.75, 3.05) is 27.3 Å². The van der Waals surface area contributed by atoms with Gasteiger partial charge in [-0.25, -0.2) is 0 Å². The predicted octanol–water partition coefficient (Wildman–Crippen LogP) is 0.571. The van der Waals surface area contributed by atoms with Gasteiger partial charge in [-0.15, -0.1) is 0 Å². The molecule has 6 nitrogen and oxygen atoms in total. The smallest absolute Gasteiger partial charge is 0.276 e. The lowest BCUT2D eigenvalue weighted by Gasteiger charge is -2.27. The third-order valence-electron chi connectivity index (χ3n) is 4.16. The largest absolute Gasteiger partial charge is 0.382 e. The van der Waals surface area contributed by atoms with Crippen molar-refractivity contribution >= 4 is 5.91 Å². The molecule has 1 aliphatic heterocycles. The monoisotopic (exact) mass is 265 g/mol. The minimum absolute atomic E-state index is 0.0664. The summed E-state index contributed by atoms with van der Waals surface area (Å²) in [6.45, 7) is 2.11. The number of carbonyl (C=O) groups is 1. The van der Waals surface area contributed by atoms with Gasteiger partial charge in [0.2, 0.25) is 0 Å². The number of likely N-dealkylation sites (N-methyl/N-ethyl adjacent to an activating group) is 1. The highest BCUT2D eigenvalue weighted by molar-refractivity contribution is 5.94. The SMILES string of the molecule is COCC1(N(C)C(=O)c2noc3c2CNCC3)CC1. The van der Waals surface area contributed by atoms with Crippen LogP contribution < -0.4 is 5.32 Å². The summed E-state index contributed by atoms with van der Waals surface area (Å²) in [4.78, 5) is 14.3. The highest BCUT2D eigenvalue weighted by atomic mass is 16.5. The standard InChI is InChI=1S/C13H19N3O3/c1-16(13(4-5-13)8-18-2)12(17)11-9-7-14-6-3-10(9)19-15-11/h14H,3-8H2,1-2H3. The lowest BCUT2D eigenvalue weighted by molar-refractivity contribution is 0.0541. The van der Waals surface area contributed by atoms with Crippen molar-refractivity contribution in [2.45, 2.75) is 31.3 Å². The molecular formula is C13H19N3O3. The summed E-state index contributed by atoms with van der Waals surface area (Å²) in [5.74, 6) is 0.773. The molecule has 0 bridgehead atoms. The number of ether oxygens (including phenoxy) is 1. The van der Waals surface area contributed by atoms with Gasteiger partial charge in [0.15, 0.2) is 5.69 Å². The van der Waals surface area contributed by atoms with E-state index in [2.05, 4.69) is 10.5 Å². The number of nitrogens with one attached hydrogen (secondary N) is 1. The van der Waals surface area contributed by atoms with Crippen LogP contribution in [0.4, 0.5) is 0 Å². The van der Waals surface area contributed by atoms with E-state index in [0.717, 1.165) is 37.1 Å². The van der Waals surface area contributed by atoms with E-state index in [1.807, 2.05) is 7.05 Å². The maximum absolute atomic E-state index is 12.6. The van der Waals surface area contributed by atoms with Crippen LogP contribution >= 0.6 is 0 Å². The summed E-state index contributed by atoms with van der Waals surface area (Å²) in [7, 11) is 3.49. The Balaban J connectivity index is 1.82. The maximum Gasteiger partial charge on any atom is 0.276 e. The lowest BCUT2D eigenvalue weighted by atomic mass is 10.1. The molecule has 1 aromatic rings. The quantitative estimate of drug-likeness (QED) is 0.862. The van der Waals surface area contributed by atoms with Gasteiger partial charge in [-0.1, -0.05) is 5.16 Å². The maximum atomic E-state index is 12.6. The number of nitrogens with zero attached hydrogens (tertiary/aromatic N) is 2. The molecule has 3 rings (SSSR count). The number of methoxy groups -OCH3 is 1. The Labute approximate surface area is 112 Å². The van der Waals surface area contributed by atoms with Gasteiger partial charge < -0.3 is 19.5 Å². The van der Waals surface area contributed by atoms with Crippen LogP contribution in [0.5, 0.6) is 0 Å². The van der Waals surface area contributed by atoms with Crippen molar-refractivity contribution in [1.29, 1.82) is 0 Å². The van der Waals surface area contributed by atoms with Gasteiger partial charge in [-0.3, -0.25) is 4.79 Å². The molecule has 6 heteroatoms. The second-order valence-electron chi connectivity index (χ2n) is 5.38. The van der Waals surface area contributed by atoms with Gasteiger partial charge in [0, 0.05) is 39.2 Å². The zero-order valence-electron chi connectivity index (χ0n) is 11.4. The van der Waals surface area contributed by atoms with Crippen LogP contribution in [-0.4, -0.2) is 48.8 Å². The minimum atomic E-state index is -0.139. The van der Waals surface area contributed by atoms with E-state index in [1.54, 1.807) is 12.0 Å². The average molecular weight is 265 g/mol. The first-order chi connectivity index (χ1) is 9.18. The van der Waals surface area contributed by atoms with Crippen molar-refractivity contribution < 1.29 is 14.1 Å². The Morgan fingerprint density at radius 3 is 3.05 bits per heavy atom. The molecule has 19 heavy (non-hydrogen) atoms. The predicted molar refractivity (Wildman–Crippen MR) is 67.8 cm³/mol. The van der Waals surface area contributed by atoms with Crippen LogP contribution in [0.1, 0.15) is 34.7 Å². The van der Waals surface area contributed by atoms with E-state index in [1.165, 1.54) is 0 Å². The van der Waals surface area contributed by atoms with Gasteiger partial charge in [0.1, 0.15) is 5.76 Å². The lowest BCUT2D eigenvalue weighted by Crippen LogP contribution is -2.42. The third kappa shape index (κ3) is 2.04. The second kappa shape index (κ2) is 4.61. The summed E-state index contributed by atoms with van der Waals surface area (Å²) < 4.78 is 10.5. The minimum Gasteiger partial charge on any atom is -0.382 e. The van der Waals surface area contributed by atoms with Crippen LogP contribution in [0, 0.1) is 0 Å². The zero-order valence-corrected chi connectivity index (χ0v) is 11.4. The Morgan fingerprint density at radius 1 is 1.58 bits per heavy atom. The van der Waals surface area contributed by atoms with E-state index in [4.69, 9.17) is 9.26 Å². The zero-order chi connectivity index (χ0) is 13.5. The van der Waals surface area contributed by atoms with E-state index in [0.29, 0.717) is 18.8 Å². The Morgan fingerprint density at radius 2 is 2.37 bits per heavy atom. The molecule has 104 valence electrons. The molecule has 0 saturated heterocycles. The number of hydrogen-bond acceptors (Lipinski definition) is 5. The average Bonchev–Trinajstić information content (AvgIpc) is 3.09. The van der Waals surface area contributed by atoms with Crippen LogP contribution in [-0.2, 0) is 17.7 Å². The number of rotatable bonds is 4. The van der Waals surface area contributed by atoms with E-state index in [9.17, 15) is 4.79 Å². The Hall–Kier alpha value is -1.40. The van der Waals surface area contributed by atoms with E-state index < -0.39 is 0 Å². The molecule has 1 N–H and O–H groups in total. The molecule has 2 heterocycles. The van der Waals surface area contributed by atoms with E-state index >= 15 is 0 Å². The number of amides is 1.